The molecule has 0 aliphatic rings. The lowest BCUT2D eigenvalue weighted by Gasteiger charge is -2.11. The second-order valence-electron chi connectivity index (χ2n) is 4.37. The van der Waals surface area contributed by atoms with Gasteiger partial charge in [-0.25, -0.2) is 0 Å². The summed E-state index contributed by atoms with van der Waals surface area (Å²) in [6.07, 6.45) is 2.05. The number of halogens is 1. The highest BCUT2D eigenvalue weighted by molar-refractivity contribution is 9.10. The van der Waals surface area contributed by atoms with Gasteiger partial charge in [0.25, 0.3) is 0 Å². The van der Waals surface area contributed by atoms with Gasteiger partial charge in [-0.2, -0.15) is 5.10 Å². The summed E-state index contributed by atoms with van der Waals surface area (Å²) in [6.45, 7) is 5.67. The highest BCUT2D eigenvalue weighted by atomic mass is 79.9. The fourth-order valence-electron chi connectivity index (χ4n) is 1.97. The molecule has 2 aromatic rings. The maximum atomic E-state index is 9.41. The van der Waals surface area contributed by atoms with Crippen molar-refractivity contribution in [2.45, 2.75) is 33.5 Å². The second-order valence-corrected chi connectivity index (χ2v) is 5.23. The van der Waals surface area contributed by atoms with Crippen molar-refractivity contribution in [3.05, 3.63) is 45.7 Å². The molecule has 0 spiro atoms. The zero-order chi connectivity index (χ0) is 13.8. The Hall–Kier alpha value is -1.33. The molecule has 1 heterocycles. The van der Waals surface area contributed by atoms with Crippen LogP contribution in [0.2, 0.25) is 0 Å². The third kappa shape index (κ3) is 3.16. The van der Waals surface area contributed by atoms with Gasteiger partial charge in [-0.05, 0) is 26.0 Å². The summed E-state index contributed by atoms with van der Waals surface area (Å²) in [6, 6.07) is 5.85. The van der Waals surface area contributed by atoms with E-state index in [-0.39, 0.29) is 6.61 Å². The van der Waals surface area contributed by atoms with Crippen LogP contribution in [-0.4, -0.2) is 14.9 Å². The highest BCUT2D eigenvalue weighted by Gasteiger charge is 2.07. The lowest BCUT2D eigenvalue weighted by Crippen LogP contribution is -2.03. The Bertz CT molecular complexity index is 566. The van der Waals surface area contributed by atoms with E-state index in [1.165, 1.54) is 5.56 Å². The largest absolute Gasteiger partial charge is 0.392 e. The van der Waals surface area contributed by atoms with Crippen molar-refractivity contribution >= 4 is 21.6 Å². The van der Waals surface area contributed by atoms with E-state index < -0.39 is 0 Å². The summed E-state index contributed by atoms with van der Waals surface area (Å²) in [5.41, 5.74) is 4.03. The normalized spacial score (nSPS) is 10.7. The van der Waals surface area contributed by atoms with Gasteiger partial charge in [0.2, 0.25) is 0 Å². The molecule has 19 heavy (non-hydrogen) atoms. The third-order valence-electron chi connectivity index (χ3n) is 3.12. The van der Waals surface area contributed by atoms with Crippen LogP contribution in [0, 0.1) is 6.92 Å². The molecule has 102 valence electrons. The van der Waals surface area contributed by atoms with Crippen LogP contribution in [0.1, 0.15) is 23.7 Å². The standard InChI is InChI=1S/C14H18BrN3O/c1-3-18-8-11(10(2)17-18)7-16-14-6-4-5-13(15)12(14)9-19/h4-6,8,16,19H,3,7,9H2,1-2H3. The lowest BCUT2D eigenvalue weighted by molar-refractivity contribution is 0.281. The zero-order valence-corrected chi connectivity index (χ0v) is 12.7. The third-order valence-corrected chi connectivity index (χ3v) is 3.86. The molecule has 0 fully saturated rings. The van der Waals surface area contributed by atoms with Crippen LogP contribution in [0.25, 0.3) is 0 Å². The smallest absolute Gasteiger partial charge is 0.0713 e. The van der Waals surface area contributed by atoms with Crippen LogP contribution in [-0.2, 0) is 19.7 Å². The molecule has 4 nitrogen and oxygen atoms in total. The predicted molar refractivity (Wildman–Crippen MR) is 80.0 cm³/mol. The number of aryl methyl sites for hydroxylation is 2. The van der Waals surface area contributed by atoms with Gasteiger partial charge in [0, 0.05) is 40.6 Å². The first-order valence-electron chi connectivity index (χ1n) is 6.30. The van der Waals surface area contributed by atoms with E-state index in [0.717, 1.165) is 28.0 Å². The van der Waals surface area contributed by atoms with Crippen LogP contribution < -0.4 is 5.32 Å². The monoisotopic (exact) mass is 323 g/mol. The van der Waals surface area contributed by atoms with Gasteiger partial charge in [0.1, 0.15) is 0 Å². The molecule has 1 aromatic heterocycles. The molecule has 0 radical (unpaired) electrons. The first-order chi connectivity index (χ1) is 9.15. The fourth-order valence-corrected chi connectivity index (χ4v) is 2.46. The van der Waals surface area contributed by atoms with E-state index in [1.807, 2.05) is 29.8 Å². The van der Waals surface area contributed by atoms with E-state index in [9.17, 15) is 5.11 Å². The van der Waals surface area contributed by atoms with Crippen molar-refractivity contribution in [2.75, 3.05) is 5.32 Å². The number of aliphatic hydroxyl groups excluding tert-OH is 1. The van der Waals surface area contributed by atoms with Gasteiger partial charge in [0.15, 0.2) is 0 Å². The van der Waals surface area contributed by atoms with Gasteiger partial charge < -0.3 is 10.4 Å². The number of anilines is 1. The van der Waals surface area contributed by atoms with Crippen LogP contribution in [0.15, 0.2) is 28.9 Å². The number of nitrogens with one attached hydrogen (secondary N) is 1. The summed E-state index contributed by atoms with van der Waals surface area (Å²) in [7, 11) is 0. The van der Waals surface area contributed by atoms with Gasteiger partial charge in [-0.1, -0.05) is 22.0 Å². The Kier molecular flexibility index (Phi) is 4.61. The van der Waals surface area contributed by atoms with Gasteiger partial charge >= 0.3 is 0 Å². The number of nitrogens with zero attached hydrogens (tertiary/aromatic N) is 2. The summed E-state index contributed by atoms with van der Waals surface area (Å²) >= 11 is 3.45. The molecule has 0 atom stereocenters. The summed E-state index contributed by atoms with van der Waals surface area (Å²) in [5, 5.41) is 17.2. The second kappa shape index (κ2) is 6.21. The van der Waals surface area contributed by atoms with Crippen molar-refractivity contribution in [3.8, 4) is 0 Å². The fraction of sp³-hybridized carbons (Fsp3) is 0.357. The number of aliphatic hydroxyl groups is 1. The van der Waals surface area contributed by atoms with E-state index in [0.29, 0.717) is 6.54 Å². The van der Waals surface area contributed by atoms with E-state index >= 15 is 0 Å². The minimum absolute atomic E-state index is 0.0109. The molecule has 5 heteroatoms. The molecular formula is C14H18BrN3O. The lowest BCUT2D eigenvalue weighted by atomic mass is 10.1. The first-order valence-corrected chi connectivity index (χ1v) is 7.10. The molecular weight excluding hydrogens is 306 g/mol. The van der Waals surface area contributed by atoms with Crippen molar-refractivity contribution < 1.29 is 5.11 Å². The Morgan fingerprint density at radius 1 is 1.42 bits per heavy atom. The van der Waals surface area contributed by atoms with Crippen LogP contribution in [0.3, 0.4) is 0 Å². The topological polar surface area (TPSA) is 50.1 Å². The number of aromatic nitrogens is 2. The van der Waals surface area contributed by atoms with Crippen molar-refractivity contribution in [1.82, 2.24) is 9.78 Å². The van der Waals surface area contributed by atoms with Crippen LogP contribution >= 0.6 is 15.9 Å². The zero-order valence-electron chi connectivity index (χ0n) is 11.2. The van der Waals surface area contributed by atoms with Gasteiger partial charge in [-0.3, -0.25) is 4.68 Å². The maximum Gasteiger partial charge on any atom is 0.0713 e. The average molecular weight is 324 g/mol. The van der Waals surface area contributed by atoms with Crippen molar-refractivity contribution in [1.29, 1.82) is 0 Å². The van der Waals surface area contributed by atoms with Gasteiger partial charge in [0.05, 0.1) is 12.3 Å². The number of hydrogen-bond donors (Lipinski definition) is 2. The molecule has 0 unspecified atom stereocenters. The molecule has 0 saturated carbocycles. The van der Waals surface area contributed by atoms with Crippen LogP contribution in [0.5, 0.6) is 0 Å². The van der Waals surface area contributed by atoms with Crippen molar-refractivity contribution in [3.63, 3.8) is 0 Å². The SMILES string of the molecule is CCn1cc(CNc2cccc(Br)c2CO)c(C)n1. The summed E-state index contributed by atoms with van der Waals surface area (Å²) in [4.78, 5) is 0. The minimum atomic E-state index is 0.0109. The molecule has 0 amide bonds. The molecule has 1 aromatic carbocycles. The highest BCUT2D eigenvalue weighted by Crippen LogP contribution is 2.25. The average Bonchev–Trinajstić information content (AvgIpc) is 2.77. The Labute approximate surface area is 121 Å². The summed E-state index contributed by atoms with van der Waals surface area (Å²) < 4.78 is 2.85. The summed E-state index contributed by atoms with van der Waals surface area (Å²) in [5.74, 6) is 0. The van der Waals surface area contributed by atoms with E-state index in [2.05, 4.69) is 39.5 Å². The maximum absolute atomic E-state index is 9.41. The Balaban J connectivity index is 2.14. The van der Waals surface area contributed by atoms with E-state index in [1.54, 1.807) is 0 Å². The molecule has 0 bridgehead atoms. The van der Waals surface area contributed by atoms with Crippen molar-refractivity contribution in [2.24, 2.45) is 0 Å². The number of rotatable bonds is 5. The Morgan fingerprint density at radius 2 is 2.21 bits per heavy atom. The minimum Gasteiger partial charge on any atom is -0.392 e. The predicted octanol–water partition coefficient (Wildman–Crippen LogP) is 3.08. The van der Waals surface area contributed by atoms with Crippen LogP contribution in [0.4, 0.5) is 5.69 Å². The number of hydrogen-bond acceptors (Lipinski definition) is 3. The first kappa shape index (κ1) is 14.1. The quantitative estimate of drug-likeness (QED) is 0.889. The van der Waals surface area contributed by atoms with E-state index in [4.69, 9.17) is 0 Å². The Morgan fingerprint density at radius 3 is 2.84 bits per heavy atom. The molecule has 0 aliphatic heterocycles. The molecule has 2 N–H and O–H groups in total. The number of benzene rings is 1. The van der Waals surface area contributed by atoms with Gasteiger partial charge in [-0.15, -0.1) is 0 Å². The molecule has 2 rings (SSSR count). The molecule has 0 saturated heterocycles. The molecule has 0 aliphatic carbocycles.